The van der Waals surface area contributed by atoms with E-state index in [2.05, 4.69) is 18.5 Å². The summed E-state index contributed by atoms with van der Waals surface area (Å²) >= 11 is 0. The average Bonchev–Trinajstić information content (AvgIpc) is 3.13. The second kappa shape index (κ2) is 12.8. The molecule has 0 aromatic heterocycles. The Morgan fingerprint density at radius 1 is 0.974 bits per heavy atom. The van der Waals surface area contributed by atoms with Crippen LogP contribution in [-0.4, -0.2) is 68.1 Å². The van der Waals surface area contributed by atoms with E-state index in [1.165, 1.54) is 0 Å². The van der Waals surface area contributed by atoms with Crippen molar-refractivity contribution >= 4 is 29.9 Å². The van der Waals surface area contributed by atoms with Crippen molar-refractivity contribution in [2.75, 3.05) is 0 Å². The summed E-state index contributed by atoms with van der Waals surface area (Å²) in [7, 11) is 0. The molecule has 0 aromatic rings. The quantitative estimate of drug-likeness (QED) is 0.362. The number of carboxylic acids is 1. The molecule has 2 aliphatic heterocycles. The van der Waals surface area contributed by atoms with E-state index < -0.39 is 47.4 Å². The number of aliphatic carboxylic acids is 1. The Kier molecular flexibility index (Phi) is 10.5. The standard InChI is InChI=1S/C28H45N3O7/c1-9-10-11-12-13-14-20(32)17-19-15-16-21-22(23(33)34)18(2)30(26(36)38-28(6,7)8)24(31(19)21)29-25(35)37-27(3,4)5/h19,21-22H,2,9-17H2,1,3-8H3,(H,33,34)/b29-24-/t19-,21+,22-/m0/s1. The number of hydrogen-bond acceptors (Lipinski definition) is 6. The highest BCUT2D eigenvalue weighted by Crippen LogP contribution is 2.41. The van der Waals surface area contributed by atoms with Gasteiger partial charge in [-0.2, -0.15) is 0 Å². The minimum atomic E-state index is -1.15. The van der Waals surface area contributed by atoms with E-state index in [0.29, 0.717) is 19.3 Å². The number of ketones is 1. The molecule has 2 heterocycles. The van der Waals surface area contributed by atoms with Crippen LogP contribution in [0.5, 0.6) is 0 Å². The van der Waals surface area contributed by atoms with Gasteiger partial charge in [0.1, 0.15) is 22.9 Å². The normalized spacial score (nSPS) is 22.9. The number of unbranched alkanes of at least 4 members (excludes halogenated alkanes) is 4. The number of guanidine groups is 1. The Hall–Kier alpha value is -2.91. The van der Waals surface area contributed by atoms with E-state index in [9.17, 15) is 24.3 Å². The molecular formula is C28H45N3O7. The van der Waals surface area contributed by atoms with Crippen molar-refractivity contribution in [3.05, 3.63) is 12.3 Å². The van der Waals surface area contributed by atoms with Gasteiger partial charge in [-0.1, -0.05) is 39.2 Å². The van der Waals surface area contributed by atoms with E-state index in [1.807, 2.05) is 0 Å². The molecule has 0 spiro atoms. The zero-order chi connectivity index (χ0) is 28.8. The molecule has 0 radical (unpaired) electrons. The molecule has 1 N–H and O–H groups in total. The third-order valence-electron chi connectivity index (χ3n) is 6.46. The second-order valence-corrected chi connectivity index (χ2v) is 12.1. The van der Waals surface area contributed by atoms with Crippen LogP contribution in [0.4, 0.5) is 9.59 Å². The average molecular weight is 536 g/mol. The van der Waals surface area contributed by atoms with Crippen molar-refractivity contribution in [3.8, 4) is 0 Å². The summed E-state index contributed by atoms with van der Waals surface area (Å²) in [5.41, 5.74) is -1.79. The predicted molar refractivity (Wildman–Crippen MR) is 144 cm³/mol. The van der Waals surface area contributed by atoms with Crippen molar-refractivity contribution in [1.29, 1.82) is 0 Å². The Morgan fingerprint density at radius 3 is 2.13 bits per heavy atom. The van der Waals surface area contributed by atoms with Crippen LogP contribution in [0, 0.1) is 5.92 Å². The maximum Gasteiger partial charge on any atom is 0.437 e. The van der Waals surface area contributed by atoms with E-state index >= 15 is 0 Å². The van der Waals surface area contributed by atoms with Gasteiger partial charge >= 0.3 is 18.2 Å². The largest absolute Gasteiger partial charge is 0.481 e. The molecule has 38 heavy (non-hydrogen) atoms. The van der Waals surface area contributed by atoms with E-state index in [1.54, 1.807) is 46.4 Å². The molecule has 2 rings (SSSR count). The number of Topliss-reactive ketones (excluding diaryl/α,β-unsaturated/α-hetero) is 1. The van der Waals surface area contributed by atoms with Gasteiger partial charge in [0.2, 0.25) is 5.96 Å². The molecule has 2 saturated heterocycles. The summed E-state index contributed by atoms with van der Waals surface area (Å²) in [6.07, 6.45) is 4.84. The summed E-state index contributed by atoms with van der Waals surface area (Å²) < 4.78 is 10.9. The van der Waals surface area contributed by atoms with Crippen LogP contribution in [-0.2, 0) is 19.1 Å². The number of carbonyl (C=O) groups is 4. The number of carbonyl (C=O) groups excluding carboxylic acids is 3. The number of nitrogens with zero attached hydrogens (tertiary/aromatic N) is 3. The Balaban J connectivity index is 2.45. The van der Waals surface area contributed by atoms with Gasteiger partial charge in [0.15, 0.2) is 0 Å². The van der Waals surface area contributed by atoms with Crippen molar-refractivity contribution < 1.29 is 33.8 Å². The number of carboxylic acid groups (broad SMARTS) is 1. The number of ether oxygens (including phenoxy) is 2. The van der Waals surface area contributed by atoms with Crippen molar-refractivity contribution in [2.45, 2.75) is 130 Å². The molecule has 2 fully saturated rings. The van der Waals surface area contributed by atoms with Crippen LogP contribution in [0.25, 0.3) is 0 Å². The number of hydrogen-bond donors (Lipinski definition) is 1. The summed E-state index contributed by atoms with van der Waals surface area (Å²) in [6.45, 7) is 16.2. The molecule has 2 aliphatic rings. The van der Waals surface area contributed by atoms with Crippen molar-refractivity contribution in [2.24, 2.45) is 10.9 Å². The monoisotopic (exact) mass is 535 g/mol. The first-order valence-electron chi connectivity index (χ1n) is 13.6. The molecule has 0 bridgehead atoms. The molecule has 0 aliphatic carbocycles. The third kappa shape index (κ3) is 8.56. The van der Waals surface area contributed by atoms with E-state index in [4.69, 9.17) is 9.47 Å². The van der Waals surface area contributed by atoms with Crippen LogP contribution in [0.1, 0.15) is 106 Å². The molecular weight excluding hydrogens is 490 g/mol. The summed E-state index contributed by atoms with van der Waals surface area (Å²) in [6, 6.07) is -1.05. The fourth-order valence-corrected chi connectivity index (χ4v) is 4.93. The minimum absolute atomic E-state index is 0.0433. The topological polar surface area (TPSA) is 126 Å². The van der Waals surface area contributed by atoms with Gasteiger partial charge in [-0.3, -0.25) is 9.59 Å². The number of rotatable bonds is 9. The fourth-order valence-electron chi connectivity index (χ4n) is 4.93. The van der Waals surface area contributed by atoms with Crippen LogP contribution >= 0.6 is 0 Å². The molecule has 2 amide bonds. The van der Waals surface area contributed by atoms with Gasteiger partial charge in [-0.05, 0) is 60.8 Å². The zero-order valence-corrected chi connectivity index (χ0v) is 24.0. The second-order valence-electron chi connectivity index (χ2n) is 12.1. The van der Waals surface area contributed by atoms with E-state index in [-0.39, 0.29) is 23.9 Å². The smallest absolute Gasteiger partial charge is 0.437 e. The molecule has 10 heteroatoms. The van der Waals surface area contributed by atoms with Crippen molar-refractivity contribution in [1.82, 2.24) is 9.80 Å². The van der Waals surface area contributed by atoms with Gasteiger partial charge in [-0.15, -0.1) is 4.99 Å². The van der Waals surface area contributed by atoms with Crippen LogP contribution in [0.15, 0.2) is 17.3 Å². The predicted octanol–water partition coefficient (Wildman–Crippen LogP) is 5.90. The lowest BCUT2D eigenvalue weighted by Gasteiger charge is -2.46. The number of aliphatic imine (C=N–C) groups is 1. The first kappa shape index (κ1) is 31.3. The van der Waals surface area contributed by atoms with Crippen LogP contribution in [0.3, 0.4) is 0 Å². The van der Waals surface area contributed by atoms with Gasteiger partial charge in [0.05, 0.1) is 6.04 Å². The molecule has 214 valence electrons. The maximum atomic E-state index is 13.3. The molecule has 0 aromatic carbocycles. The van der Waals surface area contributed by atoms with E-state index in [0.717, 1.165) is 37.0 Å². The summed E-state index contributed by atoms with van der Waals surface area (Å²) in [5, 5.41) is 10.1. The molecule has 3 atom stereocenters. The van der Waals surface area contributed by atoms with Crippen LogP contribution in [0.2, 0.25) is 0 Å². The fraction of sp³-hybridized carbons (Fsp3) is 0.750. The van der Waals surface area contributed by atoms with Crippen LogP contribution < -0.4 is 0 Å². The summed E-state index contributed by atoms with van der Waals surface area (Å²) in [4.78, 5) is 58.2. The van der Waals surface area contributed by atoms with Crippen molar-refractivity contribution in [3.63, 3.8) is 0 Å². The molecule has 0 saturated carbocycles. The number of fused-ring (bicyclic) bond motifs is 1. The highest BCUT2D eigenvalue weighted by atomic mass is 16.6. The third-order valence-corrected chi connectivity index (χ3v) is 6.46. The molecule has 10 nitrogen and oxygen atoms in total. The summed E-state index contributed by atoms with van der Waals surface area (Å²) in [5.74, 6) is -2.35. The number of amides is 2. The Bertz CT molecular complexity index is 945. The van der Waals surface area contributed by atoms with Gasteiger partial charge in [0, 0.05) is 24.6 Å². The zero-order valence-electron chi connectivity index (χ0n) is 24.0. The molecule has 0 unspecified atom stereocenters. The Morgan fingerprint density at radius 2 is 1.58 bits per heavy atom. The SMILES string of the molecule is C=C1[C@H](C(=O)O)[C@H]2CC[C@@H](CC(=O)CCCCCCC)N2/C(=N\C(=O)OC(C)(C)C)N1C(=O)OC(C)(C)C. The maximum absolute atomic E-state index is 13.3. The lowest BCUT2D eigenvalue weighted by Crippen LogP contribution is -2.61. The Labute approximate surface area is 226 Å². The first-order chi connectivity index (χ1) is 17.6. The van der Waals surface area contributed by atoms with Gasteiger partial charge < -0.3 is 19.5 Å². The van der Waals surface area contributed by atoms with Gasteiger partial charge in [0.25, 0.3) is 0 Å². The first-order valence-corrected chi connectivity index (χ1v) is 13.6. The lowest BCUT2D eigenvalue weighted by atomic mass is 9.92. The van der Waals surface area contributed by atoms with Gasteiger partial charge in [-0.25, -0.2) is 14.5 Å². The highest BCUT2D eigenvalue weighted by molar-refractivity contribution is 6.03. The highest BCUT2D eigenvalue weighted by Gasteiger charge is 2.53. The lowest BCUT2D eigenvalue weighted by molar-refractivity contribution is -0.143. The minimum Gasteiger partial charge on any atom is -0.481 e.